The Labute approximate surface area is 288 Å². The molecule has 0 aliphatic rings. The van der Waals surface area contributed by atoms with Gasteiger partial charge in [0.2, 0.25) is 0 Å². The monoisotopic (exact) mass is 646 g/mol. The number of hydrogen-bond acceptors (Lipinski definition) is 2. The van der Waals surface area contributed by atoms with Crippen LogP contribution in [0.25, 0.3) is 85.6 Å². The Morgan fingerprint density at radius 1 is 0.208 bits per heavy atom. The summed E-state index contributed by atoms with van der Waals surface area (Å²) in [4.78, 5) is 5.16. The van der Waals surface area contributed by atoms with E-state index in [2.05, 4.69) is 182 Å². The van der Waals surface area contributed by atoms with Crippen molar-refractivity contribution in [1.29, 1.82) is 0 Å². The summed E-state index contributed by atoms with van der Waals surface area (Å²) in [5.41, 5.74) is 10.1. The lowest BCUT2D eigenvalue weighted by molar-refractivity contribution is 1.64. The quantitative estimate of drug-likeness (QED) is 0.158. The van der Waals surface area contributed by atoms with E-state index in [4.69, 9.17) is 0 Å². The van der Waals surface area contributed by atoms with Gasteiger partial charge in [-0.25, -0.2) is 0 Å². The summed E-state index contributed by atoms with van der Waals surface area (Å²) in [5, 5.41) is 5.10. The maximum absolute atomic E-state index is 2.30. The molecular weight excluding hydrogens is 617 g/mol. The van der Waals surface area contributed by atoms with Gasteiger partial charge >= 0.3 is 0 Å². The molecule has 0 aliphatic carbocycles. The Morgan fingerprint density at radius 2 is 0.458 bits per heavy atom. The van der Waals surface area contributed by atoms with Crippen molar-refractivity contribution in [1.82, 2.24) is 0 Å². The van der Waals surface area contributed by atoms with E-state index in [0.29, 0.717) is 0 Å². The molecule has 226 valence electrons. The summed E-state index contributed by atoms with van der Waals surface area (Å²) in [5.74, 6) is 0. The van der Waals surface area contributed by atoms with Crippen molar-refractivity contribution in [2.24, 2.45) is 0 Å². The zero-order valence-electron chi connectivity index (χ0n) is 26.1. The van der Waals surface area contributed by atoms with Gasteiger partial charge in [0, 0.05) is 19.5 Å². The highest BCUT2D eigenvalue weighted by Gasteiger charge is 2.17. The Balaban J connectivity index is 1.11. The summed E-state index contributed by atoms with van der Waals surface area (Å²) in [6, 6.07) is 66.3. The Hall–Kier alpha value is -5.54. The van der Waals surface area contributed by atoms with Crippen molar-refractivity contribution < 1.29 is 0 Å². The third-order valence-corrected chi connectivity index (χ3v) is 11.5. The van der Waals surface area contributed by atoms with Crippen molar-refractivity contribution in [2.45, 2.75) is 0 Å². The molecule has 0 aliphatic heterocycles. The molecule has 9 aromatic rings. The molecule has 0 amide bonds. The summed E-state index contributed by atoms with van der Waals surface area (Å²) in [6.07, 6.45) is 0. The van der Waals surface area contributed by atoms with Crippen molar-refractivity contribution in [3.8, 4) is 64.0 Å². The molecule has 0 nitrogen and oxygen atoms in total. The third kappa shape index (κ3) is 5.16. The molecule has 2 heterocycles. The van der Waals surface area contributed by atoms with Crippen molar-refractivity contribution >= 4 is 44.2 Å². The highest BCUT2D eigenvalue weighted by molar-refractivity contribution is 7.19. The van der Waals surface area contributed by atoms with Crippen molar-refractivity contribution in [3.05, 3.63) is 182 Å². The normalized spacial score (nSPS) is 11.3. The summed E-state index contributed by atoms with van der Waals surface area (Å²) in [6.45, 7) is 0. The lowest BCUT2D eigenvalue weighted by Gasteiger charge is -2.18. The van der Waals surface area contributed by atoms with E-state index < -0.39 is 0 Å². The van der Waals surface area contributed by atoms with Gasteiger partial charge in [-0.15, -0.1) is 22.7 Å². The van der Waals surface area contributed by atoms with Crippen LogP contribution in [0.4, 0.5) is 0 Å². The third-order valence-electron chi connectivity index (χ3n) is 9.18. The highest BCUT2D eigenvalue weighted by atomic mass is 32.1. The molecule has 0 bridgehead atoms. The van der Waals surface area contributed by atoms with E-state index in [0.717, 1.165) is 0 Å². The molecule has 2 aromatic heterocycles. The van der Waals surface area contributed by atoms with Crippen LogP contribution in [-0.4, -0.2) is 0 Å². The maximum atomic E-state index is 2.30. The molecule has 0 spiro atoms. The van der Waals surface area contributed by atoms with Crippen LogP contribution in [0.3, 0.4) is 0 Å². The Kier molecular flexibility index (Phi) is 7.31. The molecule has 2 heteroatoms. The van der Waals surface area contributed by atoms with Crippen LogP contribution >= 0.6 is 22.7 Å². The highest BCUT2D eigenvalue weighted by Crippen LogP contribution is 2.45. The predicted molar refractivity (Wildman–Crippen MR) is 210 cm³/mol. The van der Waals surface area contributed by atoms with Gasteiger partial charge in [-0.3, -0.25) is 0 Å². The number of fused-ring (bicyclic) bond motifs is 2. The molecule has 0 N–H and O–H groups in total. The zero-order chi connectivity index (χ0) is 31.9. The van der Waals surface area contributed by atoms with E-state index in [9.17, 15) is 0 Å². The van der Waals surface area contributed by atoms with Gasteiger partial charge in [-0.2, -0.15) is 0 Å². The van der Waals surface area contributed by atoms with Gasteiger partial charge in [0.05, 0.1) is 0 Å². The predicted octanol–water partition coefficient (Wildman–Crippen LogP) is 14.1. The minimum atomic E-state index is 1.24. The number of hydrogen-bond donors (Lipinski definition) is 0. The topological polar surface area (TPSA) is 0 Å². The second-order valence-electron chi connectivity index (χ2n) is 12.1. The molecular formula is C46H30S2. The average molecular weight is 647 g/mol. The van der Waals surface area contributed by atoms with Crippen LogP contribution in [0.1, 0.15) is 0 Å². The molecule has 0 fully saturated rings. The molecule has 0 saturated heterocycles. The minimum absolute atomic E-state index is 1.24. The summed E-state index contributed by atoms with van der Waals surface area (Å²) in [7, 11) is 0. The molecule has 0 radical (unpaired) electrons. The zero-order valence-corrected chi connectivity index (χ0v) is 27.8. The smallest absolute Gasteiger partial charge is 0.0349 e. The minimum Gasteiger partial charge on any atom is -0.135 e. The van der Waals surface area contributed by atoms with Gasteiger partial charge in [-0.1, -0.05) is 158 Å². The molecule has 48 heavy (non-hydrogen) atoms. The number of benzene rings is 7. The van der Waals surface area contributed by atoms with E-state index in [-0.39, 0.29) is 0 Å². The lowest BCUT2D eigenvalue weighted by Crippen LogP contribution is -1.91. The first kappa shape index (κ1) is 28.7. The van der Waals surface area contributed by atoms with E-state index in [1.54, 1.807) is 0 Å². The second-order valence-corrected chi connectivity index (χ2v) is 14.2. The molecule has 0 saturated carbocycles. The maximum Gasteiger partial charge on any atom is 0.0349 e. The second kappa shape index (κ2) is 12.2. The van der Waals surface area contributed by atoms with Crippen molar-refractivity contribution in [2.75, 3.05) is 0 Å². The number of thiophene rings is 2. The fourth-order valence-electron chi connectivity index (χ4n) is 6.85. The van der Waals surface area contributed by atoms with E-state index in [1.165, 1.54) is 85.6 Å². The van der Waals surface area contributed by atoms with Crippen LogP contribution in [0.15, 0.2) is 182 Å². The largest absolute Gasteiger partial charge is 0.135 e. The first-order chi connectivity index (χ1) is 23.8. The van der Waals surface area contributed by atoms with Crippen LogP contribution in [0, 0.1) is 0 Å². The van der Waals surface area contributed by atoms with Crippen molar-refractivity contribution in [3.63, 3.8) is 0 Å². The summed E-state index contributed by atoms with van der Waals surface area (Å²) >= 11 is 3.69. The lowest BCUT2D eigenvalue weighted by atomic mass is 9.85. The van der Waals surface area contributed by atoms with Crippen LogP contribution in [-0.2, 0) is 0 Å². The fourth-order valence-corrected chi connectivity index (χ4v) is 8.89. The Morgan fingerprint density at radius 3 is 0.771 bits per heavy atom. The average Bonchev–Trinajstić information content (AvgIpc) is 3.87. The molecule has 7 aromatic carbocycles. The fraction of sp³-hybridized carbons (Fsp3) is 0. The molecule has 9 rings (SSSR count). The number of rotatable bonds is 6. The van der Waals surface area contributed by atoms with Crippen LogP contribution in [0.2, 0.25) is 0 Å². The SMILES string of the molecule is c1ccc(-c2ccc(-c3ccc(-c4c5ccccc5c(-c5ccc(-c6ccc(-c7ccccc7)s6)cc5)c5ccccc45)cc3)s2)cc1. The van der Waals surface area contributed by atoms with Gasteiger partial charge in [0.25, 0.3) is 0 Å². The van der Waals surface area contributed by atoms with Gasteiger partial charge in [0.15, 0.2) is 0 Å². The van der Waals surface area contributed by atoms with E-state index in [1.807, 2.05) is 22.7 Å². The van der Waals surface area contributed by atoms with Crippen LogP contribution in [0.5, 0.6) is 0 Å². The molecule has 0 unspecified atom stereocenters. The Bertz CT molecular complexity index is 2280. The first-order valence-electron chi connectivity index (χ1n) is 16.3. The first-order valence-corrected chi connectivity index (χ1v) is 17.9. The van der Waals surface area contributed by atoms with Gasteiger partial charge in [0.1, 0.15) is 0 Å². The standard InChI is InChI=1S/C46H30S2/c1-3-11-31(12-4-1)41-27-29-43(47-41)33-19-23-35(24-20-33)45-37-15-7-9-17-39(37)46(40-18-10-8-16-38(40)45)36-25-21-34(22-26-36)44-30-28-42(48-44)32-13-5-2-6-14-32/h1-30H. The van der Waals surface area contributed by atoms with E-state index >= 15 is 0 Å². The molecule has 0 atom stereocenters. The summed E-state index contributed by atoms with van der Waals surface area (Å²) < 4.78 is 0. The van der Waals surface area contributed by atoms with Gasteiger partial charge in [-0.05, 0) is 90.3 Å². The van der Waals surface area contributed by atoms with Gasteiger partial charge < -0.3 is 0 Å². The van der Waals surface area contributed by atoms with Crippen LogP contribution < -0.4 is 0 Å².